The molecule has 3 heterocycles. The molecule has 3 aromatic heterocycles. The normalized spacial score (nSPS) is 10.8. The van der Waals surface area contributed by atoms with E-state index < -0.39 is 0 Å². The van der Waals surface area contributed by atoms with E-state index in [9.17, 15) is 0 Å². The van der Waals surface area contributed by atoms with Crippen molar-refractivity contribution in [2.45, 2.75) is 6.54 Å². The van der Waals surface area contributed by atoms with Crippen LogP contribution in [0.3, 0.4) is 0 Å². The maximum atomic E-state index is 6.09. The number of H-pyrrole nitrogens is 1. The predicted molar refractivity (Wildman–Crippen MR) is 84.3 cm³/mol. The molecule has 0 radical (unpaired) electrons. The minimum Gasteiger partial charge on any atom is -1.00 e. The van der Waals surface area contributed by atoms with Crippen molar-refractivity contribution in [3.05, 3.63) is 71.8 Å². The van der Waals surface area contributed by atoms with E-state index in [1.807, 2.05) is 42.6 Å². The Kier molecular flexibility index (Phi) is 4.14. The Morgan fingerprint density at radius 2 is 1.95 bits per heavy atom. The molecule has 0 amide bonds. The van der Waals surface area contributed by atoms with Crippen molar-refractivity contribution in [2.24, 2.45) is 0 Å². The number of rotatable bonds is 2. The summed E-state index contributed by atoms with van der Waals surface area (Å²) in [4.78, 5) is 7.79. The number of pyridine rings is 2. The van der Waals surface area contributed by atoms with Crippen LogP contribution in [-0.4, -0.2) is 9.97 Å². The highest BCUT2D eigenvalue weighted by Crippen LogP contribution is 2.26. The van der Waals surface area contributed by atoms with Crippen molar-refractivity contribution in [1.29, 1.82) is 0 Å². The molecular weight excluding hydrogens is 362 g/mol. The Hall–Kier alpha value is -1.91. The van der Waals surface area contributed by atoms with Crippen LogP contribution in [0.2, 0.25) is 5.02 Å². The molecule has 0 saturated heterocycles. The standard InChI is InChI=1S/C17H12ClN3.BrH/c18-12-4-5-16-15(9-12)14-6-8-21(11-17(14)20-16)10-13-3-1-2-7-19-13;/h1-9,11H,10H2;1H. The van der Waals surface area contributed by atoms with Crippen molar-refractivity contribution in [2.75, 3.05) is 0 Å². The number of fused-ring (bicyclic) bond motifs is 3. The number of halogens is 2. The molecule has 0 saturated carbocycles. The number of aromatic nitrogens is 3. The van der Waals surface area contributed by atoms with Crippen LogP contribution in [0, 0.1) is 0 Å². The highest BCUT2D eigenvalue weighted by molar-refractivity contribution is 6.31. The smallest absolute Gasteiger partial charge is 0.193 e. The van der Waals surface area contributed by atoms with Gasteiger partial charge in [-0.2, -0.15) is 4.57 Å². The van der Waals surface area contributed by atoms with E-state index in [0.29, 0.717) is 0 Å². The minimum atomic E-state index is 0. The lowest BCUT2D eigenvalue weighted by molar-refractivity contribution is -0.687. The second-order valence-electron chi connectivity index (χ2n) is 5.08. The van der Waals surface area contributed by atoms with Crippen molar-refractivity contribution in [3.8, 4) is 0 Å². The number of hydrogen-bond donors (Lipinski definition) is 1. The Balaban J connectivity index is 0.00000144. The monoisotopic (exact) mass is 373 g/mol. The summed E-state index contributed by atoms with van der Waals surface area (Å²) in [6.45, 7) is 0.757. The summed E-state index contributed by atoms with van der Waals surface area (Å²) in [5.74, 6) is 0. The molecule has 0 atom stereocenters. The summed E-state index contributed by atoms with van der Waals surface area (Å²) >= 11 is 6.09. The van der Waals surface area contributed by atoms with Gasteiger partial charge in [0.25, 0.3) is 0 Å². The average molecular weight is 375 g/mol. The highest BCUT2D eigenvalue weighted by atomic mass is 79.9. The molecule has 5 heteroatoms. The third-order valence-electron chi connectivity index (χ3n) is 3.63. The first-order valence-corrected chi connectivity index (χ1v) is 7.17. The van der Waals surface area contributed by atoms with Crippen LogP contribution in [0.1, 0.15) is 5.69 Å². The van der Waals surface area contributed by atoms with Crippen molar-refractivity contribution < 1.29 is 21.5 Å². The lowest BCUT2D eigenvalue weighted by Gasteiger charge is -1.97. The summed E-state index contributed by atoms with van der Waals surface area (Å²) in [6.07, 6.45) is 6.00. The van der Waals surface area contributed by atoms with E-state index in [1.165, 1.54) is 5.39 Å². The average Bonchev–Trinajstić information content (AvgIpc) is 2.85. The van der Waals surface area contributed by atoms with Gasteiger partial charge in [-0.05, 0) is 30.3 Å². The zero-order valence-electron chi connectivity index (χ0n) is 11.6. The SMILES string of the molecule is Clc1ccc2[nH]c3c[n+](Cc4ccccn4)ccc3c2c1.[Br-]. The number of aromatic amines is 1. The molecule has 0 aliphatic rings. The number of nitrogens with zero attached hydrogens (tertiary/aromatic N) is 2. The zero-order chi connectivity index (χ0) is 14.2. The number of nitrogens with one attached hydrogen (secondary N) is 1. The zero-order valence-corrected chi connectivity index (χ0v) is 14.0. The van der Waals surface area contributed by atoms with E-state index in [2.05, 4.69) is 33.0 Å². The van der Waals surface area contributed by atoms with Crippen molar-refractivity contribution in [3.63, 3.8) is 0 Å². The van der Waals surface area contributed by atoms with Gasteiger partial charge in [-0.25, -0.2) is 0 Å². The Bertz CT molecular complexity index is 935. The molecule has 0 spiro atoms. The van der Waals surface area contributed by atoms with Crippen LogP contribution in [-0.2, 0) is 6.54 Å². The third kappa shape index (κ3) is 2.72. The van der Waals surface area contributed by atoms with Crippen molar-refractivity contribution >= 4 is 33.4 Å². The van der Waals surface area contributed by atoms with Crippen LogP contribution < -0.4 is 21.5 Å². The molecule has 0 bridgehead atoms. The topological polar surface area (TPSA) is 32.6 Å². The fourth-order valence-corrected chi connectivity index (χ4v) is 2.82. The lowest BCUT2D eigenvalue weighted by Crippen LogP contribution is -3.00. The molecule has 110 valence electrons. The van der Waals surface area contributed by atoms with E-state index in [-0.39, 0.29) is 17.0 Å². The van der Waals surface area contributed by atoms with Gasteiger partial charge in [0.2, 0.25) is 0 Å². The maximum Gasteiger partial charge on any atom is 0.193 e. The van der Waals surface area contributed by atoms with Crippen LogP contribution in [0.5, 0.6) is 0 Å². The highest BCUT2D eigenvalue weighted by Gasteiger charge is 2.10. The maximum absolute atomic E-state index is 6.09. The second kappa shape index (κ2) is 6.07. The molecule has 0 unspecified atom stereocenters. The Labute approximate surface area is 143 Å². The van der Waals surface area contributed by atoms with Gasteiger partial charge in [-0.1, -0.05) is 17.7 Å². The second-order valence-corrected chi connectivity index (χ2v) is 5.52. The van der Waals surface area contributed by atoms with Crippen LogP contribution in [0.25, 0.3) is 21.8 Å². The van der Waals surface area contributed by atoms with Gasteiger partial charge in [0, 0.05) is 33.6 Å². The predicted octanol–water partition coefficient (Wildman–Crippen LogP) is 0.709. The van der Waals surface area contributed by atoms with Gasteiger partial charge in [-0.3, -0.25) is 4.98 Å². The summed E-state index contributed by atoms with van der Waals surface area (Å²) in [7, 11) is 0. The summed E-state index contributed by atoms with van der Waals surface area (Å²) in [5.41, 5.74) is 3.25. The molecule has 1 aromatic carbocycles. The molecule has 1 N–H and O–H groups in total. The van der Waals surface area contributed by atoms with Gasteiger partial charge < -0.3 is 22.0 Å². The lowest BCUT2D eigenvalue weighted by atomic mass is 10.2. The first-order chi connectivity index (χ1) is 10.3. The van der Waals surface area contributed by atoms with Crippen LogP contribution >= 0.6 is 11.6 Å². The first kappa shape index (κ1) is 15.0. The molecule has 0 aliphatic heterocycles. The van der Waals surface area contributed by atoms with Gasteiger partial charge in [0.1, 0.15) is 11.2 Å². The van der Waals surface area contributed by atoms with E-state index in [1.54, 1.807) is 0 Å². The molecule has 0 aliphatic carbocycles. The molecule has 22 heavy (non-hydrogen) atoms. The fraction of sp³-hybridized carbons (Fsp3) is 0.0588. The van der Waals surface area contributed by atoms with E-state index >= 15 is 0 Å². The van der Waals surface area contributed by atoms with E-state index in [4.69, 9.17) is 11.6 Å². The quantitative estimate of drug-likeness (QED) is 0.515. The molecular formula is C17H13BrClN3. The first-order valence-electron chi connectivity index (χ1n) is 6.79. The van der Waals surface area contributed by atoms with Gasteiger partial charge in [-0.15, -0.1) is 0 Å². The number of benzene rings is 1. The van der Waals surface area contributed by atoms with Gasteiger partial charge in [0.05, 0.1) is 0 Å². The van der Waals surface area contributed by atoms with Crippen molar-refractivity contribution in [1.82, 2.24) is 9.97 Å². The molecule has 4 rings (SSSR count). The summed E-state index contributed by atoms with van der Waals surface area (Å²) < 4.78 is 2.13. The van der Waals surface area contributed by atoms with Gasteiger partial charge >= 0.3 is 0 Å². The Morgan fingerprint density at radius 1 is 1.05 bits per heavy atom. The minimum absolute atomic E-state index is 0. The molecule has 3 nitrogen and oxygen atoms in total. The number of hydrogen-bond acceptors (Lipinski definition) is 1. The summed E-state index contributed by atoms with van der Waals surface area (Å²) in [6, 6.07) is 14.0. The van der Waals surface area contributed by atoms with Crippen LogP contribution in [0.4, 0.5) is 0 Å². The Morgan fingerprint density at radius 3 is 2.77 bits per heavy atom. The molecule has 0 fully saturated rings. The fourth-order valence-electron chi connectivity index (χ4n) is 2.64. The van der Waals surface area contributed by atoms with Crippen LogP contribution in [0.15, 0.2) is 61.1 Å². The largest absolute Gasteiger partial charge is 1.00 e. The summed E-state index contributed by atoms with van der Waals surface area (Å²) in [5, 5.41) is 3.10. The van der Waals surface area contributed by atoms with Gasteiger partial charge in [0.15, 0.2) is 18.9 Å². The third-order valence-corrected chi connectivity index (χ3v) is 3.86. The van der Waals surface area contributed by atoms with E-state index in [0.717, 1.165) is 33.7 Å². The molecule has 4 aromatic rings.